The van der Waals surface area contributed by atoms with Crippen LogP contribution in [0.25, 0.3) is 11.0 Å². The summed E-state index contributed by atoms with van der Waals surface area (Å²) in [6, 6.07) is 5.70. The zero-order valence-corrected chi connectivity index (χ0v) is 14.7. The molecule has 2 N–H and O–H groups in total. The van der Waals surface area contributed by atoms with Gasteiger partial charge in [-0.2, -0.15) is 0 Å². The summed E-state index contributed by atoms with van der Waals surface area (Å²) in [5.41, 5.74) is 3.28. The Hall–Kier alpha value is -1.95. The van der Waals surface area contributed by atoms with Gasteiger partial charge < -0.3 is 15.0 Å². The number of amides is 1. The molecule has 0 saturated heterocycles. The largest absolute Gasteiger partial charge is 0.497 e. The Morgan fingerprint density at radius 1 is 1.42 bits per heavy atom. The molecule has 6 heteroatoms. The minimum Gasteiger partial charge on any atom is -0.497 e. The number of rotatable bonds is 7. The Labute approximate surface area is 146 Å². The number of hydrogen-bond donors (Lipinski definition) is 2. The van der Waals surface area contributed by atoms with E-state index in [1.807, 2.05) is 18.2 Å². The number of hydrogen-bond acceptors (Lipinski definition) is 4. The maximum Gasteiger partial charge on any atom is 0.230 e. The highest BCUT2D eigenvalue weighted by Crippen LogP contribution is 2.23. The molecule has 0 spiro atoms. The lowest BCUT2D eigenvalue weighted by Crippen LogP contribution is -2.26. The van der Waals surface area contributed by atoms with Crippen molar-refractivity contribution in [2.45, 2.75) is 37.3 Å². The summed E-state index contributed by atoms with van der Waals surface area (Å²) in [7, 11) is 1.64. The molecule has 0 aliphatic heterocycles. The van der Waals surface area contributed by atoms with E-state index in [9.17, 15) is 4.79 Å². The molecule has 2 aromatic rings. The number of carbonyl (C=O) groups is 1. The van der Waals surface area contributed by atoms with Crippen LogP contribution >= 0.6 is 11.8 Å². The second-order valence-electron chi connectivity index (χ2n) is 5.92. The number of methoxy groups -OCH3 is 1. The van der Waals surface area contributed by atoms with Crippen molar-refractivity contribution in [3.63, 3.8) is 0 Å². The standard InChI is InChI=1S/C18H23N3O2S/c1-23-14-7-8-15-16(11-14)21-18(20-15)24-12-17(22)19-10-9-13-5-3-2-4-6-13/h5,7-8,11H,2-4,6,9-10,12H2,1H3,(H,19,22)(H,20,21). The van der Waals surface area contributed by atoms with Gasteiger partial charge in [0.1, 0.15) is 5.75 Å². The second kappa shape index (κ2) is 8.24. The predicted molar refractivity (Wildman–Crippen MR) is 97.5 cm³/mol. The number of aromatic amines is 1. The Bertz CT molecular complexity index is 739. The van der Waals surface area contributed by atoms with Crippen LogP contribution in [0.5, 0.6) is 5.75 Å². The Kier molecular flexibility index (Phi) is 5.80. The quantitative estimate of drug-likeness (QED) is 0.593. The fourth-order valence-corrected chi connectivity index (χ4v) is 3.55. The number of ether oxygens (including phenoxy) is 1. The highest BCUT2D eigenvalue weighted by atomic mass is 32.2. The number of carbonyl (C=O) groups excluding carboxylic acids is 1. The number of aromatic nitrogens is 2. The normalized spacial score (nSPS) is 14.5. The molecule has 1 aliphatic rings. The lowest BCUT2D eigenvalue weighted by atomic mass is 9.97. The number of fused-ring (bicyclic) bond motifs is 1. The van der Waals surface area contributed by atoms with Gasteiger partial charge in [-0.25, -0.2) is 4.98 Å². The lowest BCUT2D eigenvalue weighted by Gasteiger charge is -2.12. The van der Waals surface area contributed by atoms with Gasteiger partial charge in [-0.15, -0.1) is 0 Å². The number of H-pyrrole nitrogens is 1. The van der Waals surface area contributed by atoms with Crippen LogP contribution in [0.15, 0.2) is 35.0 Å². The fourth-order valence-electron chi connectivity index (χ4n) is 2.84. The third kappa shape index (κ3) is 4.54. The van der Waals surface area contributed by atoms with Gasteiger partial charge in [0.2, 0.25) is 5.91 Å². The zero-order valence-electron chi connectivity index (χ0n) is 13.9. The van der Waals surface area contributed by atoms with Crippen LogP contribution in [0.4, 0.5) is 0 Å². The lowest BCUT2D eigenvalue weighted by molar-refractivity contribution is -0.118. The van der Waals surface area contributed by atoms with Gasteiger partial charge in [-0.1, -0.05) is 23.4 Å². The molecule has 0 atom stereocenters. The van der Waals surface area contributed by atoms with Crippen LogP contribution in [0.1, 0.15) is 32.1 Å². The third-order valence-electron chi connectivity index (χ3n) is 4.16. The molecule has 24 heavy (non-hydrogen) atoms. The van der Waals surface area contributed by atoms with Gasteiger partial charge in [-0.05, 0) is 44.2 Å². The van der Waals surface area contributed by atoms with Gasteiger partial charge in [0.15, 0.2) is 5.16 Å². The van der Waals surface area contributed by atoms with Gasteiger partial charge in [0.25, 0.3) is 0 Å². The smallest absolute Gasteiger partial charge is 0.230 e. The Morgan fingerprint density at radius 2 is 2.33 bits per heavy atom. The predicted octanol–water partition coefficient (Wildman–Crippen LogP) is 3.67. The average Bonchev–Trinajstić information content (AvgIpc) is 3.03. The molecule has 0 unspecified atom stereocenters. The average molecular weight is 345 g/mol. The van der Waals surface area contributed by atoms with Crippen molar-refractivity contribution in [3.8, 4) is 5.75 Å². The minimum absolute atomic E-state index is 0.0504. The van der Waals surface area contributed by atoms with Crippen LogP contribution in [0, 0.1) is 0 Å². The topological polar surface area (TPSA) is 67.0 Å². The minimum atomic E-state index is 0.0504. The number of benzene rings is 1. The van der Waals surface area contributed by atoms with Crippen molar-refractivity contribution in [2.24, 2.45) is 0 Å². The first kappa shape index (κ1) is 16.9. The van der Waals surface area contributed by atoms with Crippen LogP contribution in [-0.2, 0) is 4.79 Å². The van der Waals surface area contributed by atoms with Crippen LogP contribution in [0.3, 0.4) is 0 Å². The molecule has 0 radical (unpaired) electrons. The maximum absolute atomic E-state index is 12.0. The molecule has 0 fully saturated rings. The Morgan fingerprint density at radius 3 is 3.12 bits per heavy atom. The van der Waals surface area contributed by atoms with Crippen LogP contribution in [-0.4, -0.2) is 35.3 Å². The number of imidazole rings is 1. The van der Waals surface area contributed by atoms with E-state index in [1.165, 1.54) is 43.0 Å². The van der Waals surface area contributed by atoms with Crippen LogP contribution < -0.4 is 10.1 Å². The summed E-state index contributed by atoms with van der Waals surface area (Å²) < 4.78 is 5.20. The molecule has 1 aromatic heterocycles. The number of nitrogens with zero attached hydrogens (tertiary/aromatic N) is 1. The van der Waals surface area contributed by atoms with Crippen molar-refractivity contribution in [1.82, 2.24) is 15.3 Å². The number of thioether (sulfide) groups is 1. The van der Waals surface area contributed by atoms with E-state index >= 15 is 0 Å². The van der Waals surface area contributed by atoms with Gasteiger partial charge in [-0.3, -0.25) is 4.79 Å². The molecule has 1 amide bonds. The summed E-state index contributed by atoms with van der Waals surface area (Å²) in [6.07, 6.45) is 8.26. The molecule has 1 aliphatic carbocycles. The molecule has 3 rings (SSSR count). The highest BCUT2D eigenvalue weighted by Gasteiger charge is 2.08. The summed E-state index contributed by atoms with van der Waals surface area (Å²) >= 11 is 1.42. The van der Waals surface area contributed by atoms with Crippen molar-refractivity contribution < 1.29 is 9.53 Å². The van der Waals surface area contributed by atoms with Crippen molar-refractivity contribution >= 4 is 28.7 Å². The van der Waals surface area contributed by atoms with E-state index < -0.39 is 0 Å². The SMILES string of the molecule is COc1ccc2nc(SCC(=O)NCCC3=CCCCC3)[nH]c2c1. The fraction of sp³-hybridized carbons (Fsp3) is 0.444. The Balaban J connectivity index is 1.44. The summed E-state index contributed by atoms with van der Waals surface area (Å²) in [5.74, 6) is 1.21. The molecular weight excluding hydrogens is 322 g/mol. The van der Waals surface area contributed by atoms with Crippen molar-refractivity contribution in [3.05, 3.63) is 29.8 Å². The van der Waals surface area contributed by atoms with Gasteiger partial charge >= 0.3 is 0 Å². The molecular formula is C18H23N3O2S. The first-order chi connectivity index (χ1) is 11.7. The van der Waals surface area contributed by atoms with Gasteiger partial charge in [0, 0.05) is 12.6 Å². The molecule has 5 nitrogen and oxygen atoms in total. The highest BCUT2D eigenvalue weighted by molar-refractivity contribution is 7.99. The summed E-state index contributed by atoms with van der Waals surface area (Å²) in [4.78, 5) is 19.7. The molecule has 0 bridgehead atoms. The number of allylic oxidation sites excluding steroid dienone is 1. The van der Waals surface area contributed by atoms with E-state index in [4.69, 9.17) is 4.74 Å². The number of nitrogens with one attached hydrogen (secondary N) is 2. The van der Waals surface area contributed by atoms with E-state index in [2.05, 4.69) is 21.4 Å². The molecule has 0 saturated carbocycles. The van der Waals surface area contributed by atoms with Crippen molar-refractivity contribution in [1.29, 1.82) is 0 Å². The first-order valence-electron chi connectivity index (χ1n) is 8.36. The van der Waals surface area contributed by atoms with Crippen molar-refractivity contribution in [2.75, 3.05) is 19.4 Å². The van der Waals surface area contributed by atoms with E-state index in [0.717, 1.165) is 34.9 Å². The van der Waals surface area contributed by atoms with Gasteiger partial charge in [0.05, 0.1) is 23.9 Å². The summed E-state index contributed by atoms with van der Waals surface area (Å²) in [6.45, 7) is 0.725. The molecule has 1 heterocycles. The van der Waals surface area contributed by atoms with E-state index in [1.54, 1.807) is 7.11 Å². The third-order valence-corrected chi connectivity index (χ3v) is 5.03. The second-order valence-corrected chi connectivity index (χ2v) is 6.89. The maximum atomic E-state index is 12.0. The monoisotopic (exact) mass is 345 g/mol. The summed E-state index contributed by atoms with van der Waals surface area (Å²) in [5, 5.41) is 3.74. The molecule has 1 aromatic carbocycles. The first-order valence-corrected chi connectivity index (χ1v) is 9.34. The molecule has 128 valence electrons. The van der Waals surface area contributed by atoms with E-state index in [-0.39, 0.29) is 5.91 Å². The van der Waals surface area contributed by atoms with Crippen LogP contribution in [0.2, 0.25) is 0 Å². The van der Waals surface area contributed by atoms with E-state index in [0.29, 0.717) is 5.75 Å². The zero-order chi connectivity index (χ0) is 16.8.